The summed E-state index contributed by atoms with van der Waals surface area (Å²) in [6, 6.07) is 0. The van der Waals surface area contributed by atoms with Crippen LogP contribution in [-0.2, 0) is 14.6 Å². The highest BCUT2D eigenvalue weighted by atomic mass is 32.2. The normalized spacial score (nSPS) is 33.9. The molecule has 0 saturated heterocycles. The van der Waals surface area contributed by atoms with Gasteiger partial charge in [0.1, 0.15) is 15.6 Å². The number of carbonyl (C=O) groups is 1. The molecule has 0 spiro atoms. The van der Waals surface area contributed by atoms with E-state index in [1.165, 1.54) is 6.26 Å². The topological polar surface area (TPSA) is 51.2 Å². The molecule has 0 amide bonds. The molecule has 19 heavy (non-hydrogen) atoms. The maximum atomic E-state index is 12.7. The molecule has 0 radical (unpaired) electrons. The van der Waals surface area contributed by atoms with Crippen molar-refractivity contribution in [2.75, 3.05) is 6.26 Å². The Morgan fingerprint density at radius 2 is 1.58 bits per heavy atom. The number of ketones is 1. The lowest BCUT2D eigenvalue weighted by atomic mass is 9.82. The molecule has 4 heteroatoms. The van der Waals surface area contributed by atoms with Gasteiger partial charge in [0.25, 0.3) is 0 Å². The Morgan fingerprint density at radius 3 is 2.00 bits per heavy atom. The van der Waals surface area contributed by atoms with E-state index in [2.05, 4.69) is 27.7 Å². The van der Waals surface area contributed by atoms with Crippen LogP contribution in [0.2, 0.25) is 0 Å². The quantitative estimate of drug-likeness (QED) is 0.801. The Morgan fingerprint density at radius 1 is 1.05 bits per heavy atom. The lowest BCUT2D eigenvalue weighted by molar-refractivity contribution is -0.126. The molecule has 110 valence electrons. The molecule has 0 aromatic rings. The van der Waals surface area contributed by atoms with E-state index in [4.69, 9.17) is 0 Å². The van der Waals surface area contributed by atoms with Gasteiger partial charge in [-0.25, -0.2) is 8.42 Å². The number of Topliss-reactive ketones (excluding diaryl/α,β-unsaturated/α-hetero) is 1. The second-order valence-electron chi connectivity index (χ2n) is 7.59. The number of hydrogen-bond acceptors (Lipinski definition) is 3. The first-order valence-corrected chi connectivity index (χ1v) is 9.17. The minimum Gasteiger partial charge on any atom is -0.299 e. The van der Waals surface area contributed by atoms with E-state index in [0.717, 1.165) is 19.3 Å². The highest BCUT2D eigenvalue weighted by molar-refractivity contribution is 7.91. The van der Waals surface area contributed by atoms with Crippen LogP contribution in [0, 0.1) is 22.7 Å². The van der Waals surface area contributed by atoms with Crippen molar-refractivity contribution in [1.82, 2.24) is 0 Å². The summed E-state index contributed by atoms with van der Waals surface area (Å²) in [5.41, 5.74) is 0.115. The molecule has 2 unspecified atom stereocenters. The lowest BCUT2D eigenvalue weighted by Gasteiger charge is -2.27. The van der Waals surface area contributed by atoms with Gasteiger partial charge in [0.15, 0.2) is 0 Å². The highest BCUT2D eigenvalue weighted by Gasteiger charge is 2.68. The Balaban J connectivity index is 2.10. The van der Waals surface area contributed by atoms with Gasteiger partial charge in [0, 0.05) is 18.1 Å². The van der Waals surface area contributed by atoms with Crippen molar-refractivity contribution in [1.29, 1.82) is 0 Å². The van der Waals surface area contributed by atoms with Crippen LogP contribution in [0.4, 0.5) is 0 Å². The molecule has 0 heterocycles. The van der Waals surface area contributed by atoms with Gasteiger partial charge in [-0.05, 0) is 30.1 Å². The Labute approximate surface area is 117 Å². The zero-order valence-electron chi connectivity index (χ0n) is 12.7. The van der Waals surface area contributed by atoms with Crippen molar-refractivity contribution in [2.45, 2.75) is 58.6 Å². The van der Waals surface area contributed by atoms with Crippen LogP contribution in [-0.4, -0.2) is 25.7 Å². The molecule has 3 nitrogen and oxygen atoms in total. The van der Waals surface area contributed by atoms with Gasteiger partial charge < -0.3 is 0 Å². The fraction of sp³-hybridized carbons (Fsp3) is 0.933. The molecule has 0 aromatic heterocycles. The molecule has 0 N–H and O–H groups in total. The first-order valence-electron chi connectivity index (χ1n) is 7.22. The van der Waals surface area contributed by atoms with Crippen molar-refractivity contribution >= 4 is 15.6 Å². The number of carbonyl (C=O) groups excluding carboxylic acids is 1. The van der Waals surface area contributed by atoms with Crippen LogP contribution in [0.25, 0.3) is 0 Å². The highest BCUT2D eigenvalue weighted by Crippen LogP contribution is 2.69. The van der Waals surface area contributed by atoms with Gasteiger partial charge in [-0.15, -0.1) is 0 Å². The molecule has 2 saturated carbocycles. The van der Waals surface area contributed by atoms with E-state index >= 15 is 0 Å². The Kier molecular flexibility index (Phi) is 3.40. The van der Waals surface area contributed by atoms with Crippen LogP contribution in [0.15, 0.2) is 0 Å². The number of hydrogen-bond donors (Lipinski definition) is 0. The lowest BCUT2D eigenvalue weighted by Crippen LogP contribution is -2.32. The summed E-state index contributed by atoms with van der Waals surface area (Å²) in [6.45, 7) is 8.58. The van der Waals surface area contributed by atoms with E-state index < -0.39 is 9.84 Å². The van der Waals surface area contributed by atoms with Gasteiger partial charge in [0.2, 0.25) is 0 Å². The van der Waals surface area contributed by atoms with E-state index in [1.54, 1.807) is 0 Å². The van der Waals surface area contributed by atoms with Gasteiger partial charge >= 0.3 is 0 Å². The zero-order chi connectivity index (χ0) is 14.6. The molecule has 2 atom stereocenters. The summed E-state index contributed by atoms with van der Waals surface area (Å²) in [5, 5.41) is -0.305. The first kappa shape index (κ1) is 15.0. The first-order chi connectivity index (χ1) is 8.49. The maximum absolute atomic E-state index is 12.7. The maximum Gasteiger partial charge on any atom is 0.150 e. The van der Waals surface area contributed by atoms with E-state index in [9.17, 15) is 13.2 Å². The van der Waals surface area contributed by atoms with E-state index in [0.29, 0.717) is 12.2 Å². The molecular formula is C15H26O3S. The number of rotatable bonds is 3. The fourth-order valence-corrected chi connectivity index (χ4v) is 5.11. The second kappa shape index (κ2) is 4.31. The summed E-state index contributed by atoms with van der Waals surface area (Å²) < 4.78 is 23.4. The van der Waals surface area contributed by atoms with Gasteiger partial charge in [-0.3, -0.25) is 4.79 Å². The summed E-state index contributed by atoms with van der Waals surface area (Å²) in [6.07, 6.45) is 4.30. The third-order valence-corrected chi connectivity index (χ3v) is 7.58. The van der Waals surface area contributed by atoms with E-state index in [1.807, 2.05) is 0 Å². The van der Waals surface area contributed by atoms with Crippen molar-refractivity contribution in [3.8, 4) is 0 Å². The molecule has 0 aromatic carbocycles. The predicted molar refractivity (Wildman–Crippen MR) is 76.6 cm³/mol. The number of sulfone groups is 1. The predicted octanol–water partition coefficient (Wildman–Crippen LogP) is 2.84. The average molecular weight is 286 g/mol. The van der Waals surface area contributed by atoms with Crippen molar-refractivity contribution in [3.05, 3.63) is 0 Å². The third-order valence-electron chi connectivity index (χ3n) is 5.94. The zero-order valence-corrected chi connectivity index (χ0v) is 13.5. The summed E-state index contributed by atoms with van der Waals surface area (Å²) >= 11 is 0. The van der Waals surface area contributed by atoms with Crippen molar-refractivity contribution < 1.29 is 13.2 Å². The Bertz CT molecular complexity index is 474. The largest absolute Gasteiger partial charge is 0.299 e. The van der Waals surface area contributed by atoms with Gasteiger partial charge in [0.05, 0.1) is 5.25 Å². The SMILES string of the molecule is CC1(C)C(C(=O)C2CCCC(S(C)(=O)=O)C2)C1(C)C. The molecule has 2 fully saturated rings. The standard InChI is InChI=1S/C15H26O3S/c1-14(2)13(15(14,3)4)12(16)10-7-6-8-11(9-10)19(5,17)18/h10-11,13H,6-9H2,1-5H3. The molecule has 0 bridgehead atoms. The summed E-state index contributed by atoms with van der Waals surface area (Å²) in [4.78, 5) is 12.7. The monoisotopic (exact) mass is 286 g/mol. The van der Waals surface area contributed by atoms with Crippen molar-refractivity contribution in [2.24, 2.45) is 22.7 Å². The molecule has 0 aliphatic heterocycles. The molecular weight excluding hydrogens is 260 g/mol. The second-order valence-corrected chi connectivity index (χ2v) is 9.92. The van der Waals surface area contributed by atoms with Crippen molar-refractivity contribution in [3.63, 3.8) is 0 Å². The van der Waals surface area contributed by atoms with Gasteiger partial charge in [-0.2, -0.15) is 0 Å². The van der Waals surface area contributed by atoms with Crippen LogP contribution in [0.3, 0.4) is 0 Å². The van der Waals surface area contributed by atoms with Crippen LogP contribution in [0.1, 0.15) is 53.4 Å². The summed E-state index contributed by atoms with van der Waals surface area (Å²) in [7, 11) is -3.01. The third kappa shape index (κ3) is 2.37. The fourth-order valence-electron chi connectivity index (χ4n) is 3.94. The Hall–Kier alpha value is -0.380. The van der Waals surface area contributed by atoms with Crippen LogP contribution < -0.4 is 0 Å². The minimum atomic E-state index is -3.01. The minimum absolute atomic E-state index is 0.0421. The summed E-state index contributed by atoms with van der Waals surface area (Å²) in [5.74, 6) is 0.367. The molecule has 2 aliphatic rings. The van der Waals surface area contributed by atoms with Gasteiger partial charge in [-0.1, -0.05) is 34.1 Å². The van der Waals surface area contributed by atoms with E-state index in [-0.39, 0.29) is 27.9 Å². The van der Waals surface area contributed by atoms with Crippen LogP contribution in [0.5, 0.6) is 0 Å². The van der Waals surface area contributed by atoms with Crippen LogP contribution >= 0.6 is 0 Å². The molecule has 2 rings (SSSR count). The molecule has 2 aliphatic carbocycles. The average Bonchev–Trinajstić information content (AvgIpc) is 2.68. The smallest absolute Gasteiger partial charge is 0.150 e.